The second kappa shape index (κ2) is 4.75. The van der Waals surface area contributed by atoms with E-state index in [0.717, 1.165) is 10.6 Å². The Morgan fingerprint density at radius 3 is 2.27 bits per heavy atom. The Balaban J connectivity index is 2.03. The molecule has 0 amide bonds. The van der Waals surface area contributed by atoms with Gasteiger partial charge in [0.15, 0.2) is 5.75 Å². The highest BCUT2D eigenvalue weighted by Gasteiger charge is 1.98. The molecule has 3 heteroatoms. The van der Waals surface area contributed by atoms with Crippen LogP contribution >= 0.6 is 12.6 Å². The minimum absolute atomic E-state index is 0.713. The maximum Gasteiger partial charge on any atom is 0.168 e. The summed E-state index contributed by atoms with van der Waals surface area (Å²) in [6, 6.07) is 17.3. The number of hydrogen-bond donors (Lipinski definition) is 2. The molecule has 0 radical (unpaired) electrons. The van der Waals surface area contributed by atoms with Crippen LogP contribution in [0.3, 0.4) is 0 Å². The van der Waals surface area contributed by atoms with Gasteiger partial charge >= 0.3 is 0 Å². The Kier molecular flexibility index (Phi) is 3.15. The third-order valence-corrected chi connectivity index (χ3v) is 2.29. The minimum Gasteiger partial charge on any atom is -0.381 e. The van der Waals surface area contributed by atoms with E-state index in [9.17, 15) is 0 Å². The van der Waals surface area contributed by atoms with Crippen LogP contribution in [0.5, 0.6) is 5.75 Å². The van der Waals surface area contributed by atoms with Crippen molar-refractivity contribution in [1.29, 1.82) is 0 Å². The van der Waals surface area contributed by atoms with Crippen LogP contribution in [-0.4, -0.2) is 0 Å². The summed E-state index contributed by atoms with van der Waals surface area (Å²) < 4.78 is 0. The molecule has 0 unspecified atom stereocenters. The molecule has 0 fully saturated rings. The summed E-state index contributed by atoms with van der Waals surface area (Å²) in [4.78, 5) is 6.20. The molecule has 0 aliphatic carbocycles. The Labute approximate surface area is 94.3 Å². The molecule has 2 rings (SSSR count). The number of thiol groups is 1. The van der Waals surface area contributed by atoms with Gasteiger partial charge in [-0.05, 0) is 24.3 Å². The molecule has 2 nitrogen and oxygen atoms in total. The molecule has 0 spiro atoms. The van der Waals surface area contributed by atoms with E-state index in [1.807, 2.05) is 54.6 Å². The standard InChI is InChI=1S/C12H11NOS/c15-12-9-5-4-8-11(12)14-13-10-6-2-1-3-7-10/h1-9,13,15H. The van der Waals surface area contributed by atoms with Gasteiger partial charge in [0.25, 0.3) is 0 Å². The van der Waals surface area contributed by atoms with E-state index in [0.29, 0.717) is 5.75 Å². The average Bonchev–Trinajstić information content (AvgIpc) is 2.29. The van der Waals surface area contributed by atoms with Crippen LogP contribution in [0.25, 0.3) is 0 Å². The predicted molar refractivity (Wildman–Crippen MR) is 64.4 cm³/mol. The Bertz CT molecular complexity index is 431. The third kappa shape index (κ3) is 2.67. The monoisotopic (exact) mass is 217 g/mol. The van der Waals surface area contributed by atoms with E-state index in [4.69, 9.17) is 4.84 Å². The fourth-order valence-corrected chi connectivity index (χ4v) is 1.37. The fraction of sp³-hybridized carbons (Fsp3) is 0. The zero-order chi connectivity index (χ0) is 10.5. The van der Waals surface area contributed by atoms with Crippen LogP contribution in [0.4, 0.5) is 5.69 Å². The molecule has 0 saturated carbocycles. The van der Waals surface area contributed by atoms with Gasteiger partial charge in [0.2, 0.25) is 0 Å². The van der Waals surface area contributed by atoms with Gasteiger partial charge in [-0.25, -0.2) is 5.48 Å². The molecule has 0 aliphatic rings. The van der Waals surface area contributed by atoms with Crippen molar-refractivity contribution in [3.05, 3.63) is 54.6 Å². The number of benzene rings is 2. The Hall–Kier alpha value is -1.61. The van der Waals surface area contributed by atoms with Crippen LogP contribution in [-0.2, 0) is 0 Å². The first-order valence-corrected chi connectivity index (χ1v) is 5.07. The summed E-state index contributed by atoms with van der Waals surface area (Å²) in [5.74, 6) is 0.713. The largest absolute Gasteiger partial charge is 0.381 e. The highest BCUT2D eigenvalue weighted by Crippen LogP contribution is 2.21. The van der Waals surface area contributed by atoms with Crippen LogP contribution in [0.2, 0.25) is 0 Å². The summed E-state index contributed by atoms with van der Waals surface area (Å²) in [5, 5.41) is 0. The minimum atomic E-state index is 0.713. The SMILES string of the molecule is Sc1ccccc1ONc1ccccc1. The molecule has 0 saturated heterocycles. The highest BCUT2D eigenvalue weighted by molar-refractivity contribution is 7.80. The van der Waals surface area contributed by atoms with E-state index in [1.54, 1.807) is 0 Å². The van der Waals surface area contributed by atoms with Gasteiger partial charge in [0.05, 0.1) is 5.69 Å². The lowest BCUT2D eigenvalue weighted by molar-refractivity contribution is 0.396. The molecular weight excluding hydrogens is 206 g/mol. The highest BCUT2D eigenvalue weighted by atomic mass is 32.1. The van der Waals surface area contributed by atoms with Crippen molar-refractivity contribution < 1.29 is 4.84 Å². The van der Waals surface area contributed by atoms with Crippen LogP contribution in [0.15, 0.2) is 59.5 Å². The molecule has 15 heavy (non-hydrogen) atoms. The lowest BCUT2D eigenvalue weighted by Gasteiger charge is -2.09. The summed E-state index contributed by atoms with van der Waals surface area (Å²) >= 11 is 4.28. The van der Waals surface area contributed by atoms with Crippen LogP contribution in [0, 0.1) is 0 Å². The number of para-hydroxylation sites is 2. The molecule has 0 heterocycles. The zero-order valence-corrected chi connectivity index (χ0v) is 8.95. The summed E-state index contributed by atoms with van der Waals surface area (Å²) in [6.07, 6.45) is 0. The first kappa shape index (κ1) is 9.93. The quantitative estimate of drug-likeness (QED) is 0.607. The summed E-state index contributed by atoms with van der Waals surface area (Å²) in [6.45, 7) is 0. The van der Waals surface area contributed by atoms with Gasteiger partial charge in [-0.1, -0.05) is 30.3 Å². The van der Waals surface area contributed by atoms with Crippen molar-refractivity contribution in [3.8, 4) is 5.75 Å². The van der Waals surface area contributed by atoms with Gasteiger partial charge in [0, 0.05) is 4.90 Å². The maximum atomic E-state index is 5.40. The normalized spacial score (nSPS) is 9.67. The summed E-state index contributed by atoms with van der Waals surface area (Å²) in [7, 11) is 0. The van der Waals surface area contributed by atoms with Gasteiger partial charge in [-0.3, -0.25) is 0 Å². The van der Waals surface area contributed by atoms with E-state index >= 15 is 0 Å². The molecule has 2 aromatic rings. The maximum absolute atomic E-state index is 5.40. The number of nitrogens with one attached hydrogen (secondary N) is 1. The van der Waals surface area contributed by atoms with Gasteiger partial charge in [0.1, 0.15) is 0 Å². The lowest BCUT2D eigenvalue weighted by Crippen LogP contribution is -2.04. The molecule has 0 aromatic heterocycles. The Morgan fingerprint density at radius 2 is 1.53 bits per heavy atom. The number of rotatable bonds is 3. The van der Waals surface area contributed by atoms with Crippen molar-refractivity contribution in [3.63, 3.8) is 0 Å². The van der Waals surface area contributed by atoms with Gasteiger partial charge in [-0.15, -0.1) is 12.6 Å². The average molecular weight is 217 g/mol. The molecule has 2 aromatic carbocycles. The first-order chi connectivity index (χ1) is 7.36. The molecule has 76 valence electrons. The van der Waals surface area contributed by atoms with E-state index in [2.05, 4.69) is 18.1 Å². The fourth-order valence-electron chi connectivity index (χ4n) is 1.16. The number of hydrogen-bond acceptors (Lipinski definition) is 3. The van der Waals surface area contributed by atoms with Crippen molar-refractivity contribution in [1.82, 2.24) is 0 Å². The van der Waals surface area contributed by atoms with Crippen LogP contribution < -0.4 is 10.3 Å². The first-order valence-electron chi connectivity index (χ1n) is 4.62. The zero-order valence-electron chi connectivity index (χ0n) is 8.05. The van der Waals surface area contributed by atoms with Crippen molar-refractivity contribution in [2.45, 2.75) is 4.90 Å². The number of anilines is 1. The molecule has 0 bridgehead atoms. The van der Waals surface area contributed by atoms with Gasteiger partial charge < -0.3 is 4.84 Å². The second-order valence-corrected chi connectivity index (χ2v) is 3.52. The molecular formula is C12H11NOS. The topological polar surface area (TPSA) is 21.3 Å². The molecule has 1 N–H and O–H groups in total. The predicted octanol–water partition coefficient (Wildman–Crippen LogP) is 3.38. The van der Waals surface area contributed by atoms with Crippen molar-refractivity contribution in [2.24, 2.45) is 0 Å². The van der Waals surface area contributed by atoms with E-state index in [-0.39, 0.29) is 0 Å². The van der Waals surface area contributed by atoms with Gasteiger partial charge in [-0.2, -0.15) is 0 Å². The second-order valence-electron chi connectivity index (χ2n) is 3.04. The Morgan fingerprint density at radius 1 is 0.867 bits per heavy atom. The molecule has 0 aliphatic heterocycles. The smallest absolute Gasteiger partial charge is 0.168 e. The molecule has 0 atom stereocenters. The van der Waals surface area contributed by atoms with E-state index in [1.165, 1.54) is 0 Å². The van der Waals surface area contributed by atoms with Crippen molar-refractivity contribution in [2.75, 3.05) is 5.48 Å². The van der Waals surface area contributed by atoms with Crippen LogP contribution in [0.1, 0.15) is 0 Å². The lowest BCUT2D eigenvalue weighted by atomic mass is 10.3. The third-order valence-electron chi connectivity index (χ3n) is 1.92. The summed E-state index contributed by atoms with van der Waals surface area (Å²) in [5.41, 5.74) is 3.76. The van der Waals surface area contributed by atoms with Crippen molar-refractivity contribution >= 4 is 18.3 Å². The van der Waals surface area contributed by atoms with E-state index < -0.39 is 0 Å².